The number of benzene rings is 2. The Hall–Kier alpha value is -4.95. The fourth-order valence-corrected chi connectivity index (χ4v) is 3.24. The van der Waals surface area contributed by atoms with Crippen LogP contribution in [0.3, 0.4) is 0 Å². The fraction of sp³-hybridized carbons (Fsp3) is 0.179. The molecule has 0 aliphatic carbocycles. The van der Waals surface area contributed by atoms with E-state index in [1.165, 1.54) is 19.1 Å². The van der Waals surface area contributed by atoms with Gasteiger partial charge in [0.05, 0.1) is 17.8 Å². The van der Waals surface area contributed by atoms with Crippen LogP contribution in [0.2, 0.25) is 5.02 Å². The van der Waals surface area contributed by atoms with Gasteiger partial charge in [0.1, 0.15) is 11.6 Å². The van der Waals surface area contributed by atoms with Gasteiger partial charge in [0.2, 0.25) is 18.2 Å². The molecular weight excluding hydrogens is 541 g/mol. The number of aliphatic imine (C=N–C) groups is 1. The molecule has 0 unspecified atom stereocenters. The van der Waals surface area contributed by atoms with E-state index in [1.807, 2.05) is 12.1 Å². The molecule has 3 rings (SSSR count). The average Bonchev–Trinajstić information content (AvgIpc) is 2.95. The summed E-state index contributed by atoms with van der Waals surface area (Å²) in [6, 6.07) is 15.4. The molecule has 2 aromatic carbocycles. The second-order valence-electron chi connectivity index (χ2n) is 8.26. The number of rotatable bonds is 9. The van der Waals surface area contributed by atoms with Gasteiger partial charge in [-0.3, -0.25) is 19.8 Å². The first kappa shape index (κ1) is 31.3. The molecule has 40 heavy (non-hydrogen) atoms. The Balaban J connectivity index is 0.00000274. The number of nitrogens with zero attached hydrogens (tertiary/aromatic N) is 4. The van der Waals surface area contributed by atoms with Crippen LogP contribution in [0.15, 0.2) is 71.9 Å². The van der Waals surface area contributed by atoms with Crippen LogP contribution >= 0.6 is 11.6 Å². The van der Waals surface area contributed by atoms with Gasteiger partial charge in [-0.1, -0.05) is 30.7 Å². The van der Waals surface area contributed by atoms with Crippen molar-refractivity contribution in [1.29, 1.82) is 0 Å². The number of halogens is 2. The van der Waals surface area contributed by atoms with Crippen LogP contribution in [-0.4, -0.2) is 57.9 Å². The first-order valence-corrected chi connectivity index (χ1v) is 12.0. The number of carbonyl (C=O) groups is 3. The molecule has 208 valence electrons. The molecule has 1 aromatic heterocycles. The van der Waals surface area contributed by atoms with Crippen molar-refractivity contribution in [2.75, 3.05) is 13.6 Å². The summed E-state index contributed by atoms with van der Waals surface area (Å²) in [7, 11) is 1.69. The summed E-state index contributed by atoms with van der Waals surface area (Å²) in [5.41, 5.74) is 1.32. The number of urea groups is 1. The van der Waals surface area contributed by atoms with Gasteiger partial charge in [0.15, 0.2) is 0 Å². The number of terminal acetylenes is 1. The predicted molar refractivity (Wildman–Crippen MR) is 149 cm³/mol. The van der Waals surface area contributed by atoms with E-state index in [1.54, 1.807) is 48.3 Å². The van der Waals surface area contributed by atoms with Crippen LogP contribution in [0.5, 0.6) is 11.6 Å². The molecule has 0 fully saturated rings. The van der Waals surface area contributed by atoms with E-state index in [2.05, 4.69) is 28.1 Å². The van der Waals surface area contributed by atoms with Gasteiger partial charge in [0, 0.05) is 31.2 Å². The number of carboxylic acid groups (broad SMARTS) is 1. The molecule has 1 heterocycles. The fourth-order valence-electron chi connectivity index (χ4n) is 3.12. The van der Waals surface area contributed by atoms with Crippen LogP contribution in [0.1, 0.15) is 12.5 Å². The van der Waals surface area contributed by atoms with Crippen LogP contribution in [-0.2, 0) is 16.1 Å². The van der Waals surface area contributed by atoms with Gasteiger partial charge in [0.25, 0.3) is 0 Å². The second-order valence-corrected chi connectivity index (χ2v) is 8.69. The van der Waals surface area contributed by atoms with Crippen molar-refractivity contribution in [3.05, 3.63) is 83.3 Å². The van der Waals surface area contributed by atoms with Crippen molar-refractivity contribution < 1.29 is 28.6 Å². The molecule has 0 aliphatic rings. The maximum atomic E-state index is 13.1. The smallest absolute Gasteiger partial charge is 0.330 e. The summed E-state index contributed by atoms with van der Waals surface area (Å²) < 4.78 is 18.6. The van der Waals surface area contributed by atoms with Crippen molar-refractivity contribution in [2.24, 2.45) is 10.9 Å². The Kier molecular flexibility index (Phi) is 12.1. The third-order valence-corrected chi connectivity index (χ3v) is 5.44. The van der Waals surface area contributed by atoms with E-state index in [9.17, 15) is 18.8 Å². The van der Waals surface area contributed by atoms with E-state index in [4.69, 9.17) is 21.4 Å². The number of guanidine groups is 1. The van der Waals surface area contributed by atoms with E-state index in [0.29, 0.717) is 23.0 Å². The molecule has 3 amide bonds. The van der Waals surface area contributed by atoms with Crippen molar-refractivity contribution in [3.8, 4) is 24.5 Å². The number of ether oxygens (including phenoxy) is 1. The van der Waals surface area contributed by atoms with Crippen LogP contribution in [0.25, 0.3) is 0 Å². The number of hydrogen-bond acceptors (Lipinski definition) is 6. The second kappa shape index (κ2) is 15.5. The Morgan fingerprint density at radius 2 is 1.80 bits per heavy atom. The van der Waals surface area contributed by atoms with Crippen molar-refractivity contribution in [2.45, 2.75) is 13.5 Å². The van der Waals surface area contributed by atoms with Crippen molar-refractivity contribution >= 4 is 41.7 Å². The van der Waals surface area contributed by atoms with Crippen LogP contribution < -0.4 is 10.1 Å². The van der Waals surface area contributed by atoms with E-state index in [0.717, 1.165) is 16.7 Å². The lowest BCUT2D eigenvalue weighted by molar-refractivity contribution is -0.141. The molecule has 1 atom stereocenters. The normalized spacial score (nSPS) is 11.3. The van der Waals surface area contributed by atoms with Gasteiger partial charge < -0.3 is 14.7 Å². The minimum atomic E-state index is -1.14. The topological polar surface area (TPSA) is 124 Å². The molecule has 0 saturated heterocycles. The summed E-state index contributed by atoms with van der Waals surface area (Å²) in [5, 5.41) is 12.3. The highest BCUT2D eigenvalue weighted by atomic mass is 35.5. The van der Waals surface area contributed by atoms with Crippen molar-refractivity contribution in [1.82, 2.24) is 20.1 Å². The molecule has 10 nitrogen and oxygen atoms in total. The van der Waals surface area contributed by atoms with E-state index >= 15 is 0 Å². The van der Waals surface area contributed by atoms with Crippen molar-refractivity contribution in [3.63, 3.8) is 0 Å². The monoisotopic (exact) mass is 567 g/mol. The summed E-state index contributed by atoms with van der Waals surface area (Å²) in [5.74, 6) is -1.84. The third kappa shape index (κ3) is 9.74. The number of hydrogen-bond donors (Lipinski definition) is 2. The zero-order valence-electron chi connectivity index (χ0n) is 21.7. The zero-order valence-corrected chi connectivity index (χ0v) is 22.5. The molecule has 0 radical (unpaired) electrons. The SMILES string of the molecule is C#C.C[C@@H](CN(C=O)C(=O)NC(=Nc1ccc(Oc2ccc(F)cn2)cc1)N(C)Cc1ccc(Cl)cc1)C(=O)O. The molecular formula is C28H27ClFN5O5. The first-order chi connectivity index (χ1) is 19.1. The quantitative estimate of drug-likeness (QED) is 0.163. The highest BCUT2D eigenvalue weighted by Gasteiger charge is 2.22. The summed E-state index contributed by atoms with van der Waals surface area (Å²) in [6.07, 6.45) is 9.31. The Labute approximate surface area is 236 Å². The lowest BCUT2D eigenvalue weighted by atomic mass is 10.2. The van der Waals surface area contributed by atoms with Crippen LogP contribution in [0, 0.1) is 24.6 Å². The van der Waals surface area contributed by atoms with Gasteiger partial charge in [-0.05, 0) is 48.0 Å². The number of aromatic nitrogens is 1. The molecule has 0 bridgehead atoms. The number of aliphatic carboxylic acids is 1. The number of pyridine rings is 1. The molecule has 0 saturated carbocycles. The van der Waals surface area contributed by atoms with E-state index < -0.39 is 23.7 Å². The number of amides is 3. The highest BCUT2D eigenvalue weighted by Crippen LogP contribution is 2.23. The molecule has 2 N–H and O–H groups in total. The number of carbonyl (C=O) groups excluding carboxylic acids is 2. The van der Waals surface area contributed by atoms with Crippen LogP contribution in [0.4, 0.5) is 14.9 Å². The highest BCUT2D eigenvalue weighted by molar-refractivity contribution is 6.30. The zero-order chi connectivity index (χ0) is 29.7. The maximum Gasteiger partial charge on any atom is 0.330 e. The van der Waals surface area contributed by atoms with Gasteiger partial charge in [-0.15, -0.1) is 12.8 Å². The number of carboxylic acids is 1. The minimum absolute atomic E-state index is 0.105. The molecule has 0 aliphatic heterocycles. The van der Waals surface area contributed by atoms with E-state index in [-0.39, 0.29) is 24.8 Å². The molecule has 0 spiro atoms. The van der Waals surface area contributed by atoms with Gasteiger partial charge in [-0.2, -0.15) is 0 Å². The standard InChI is InChI=1S/C26H25ClFN5O5.C2H2/c1-17(24(35)36)14-33(16-34)26(37)31-25(32(2)15-18-3-5-19(27)6-4-18)30-21-8-10-22(11-9-21)38-23-12-7-20(28)13-29-23;1-2/h3-13,16-17H,14-15H2,1-2H3,(H,35,36)(H,30,31,37);1-2H/t17-;/m0./s1. The lowest BCUT2D eigenvalue weighted by Gasteiger charge is -2.24. The minimum Gasteiger partial charge on any atom is -0.481 e. The molecule has 3 aromatic rings. The predicted octanol–water partition coefficient (Wildman–Crippen LogP) is 4.92. The molecule has 12 heteroatoms. The maximum absolute atomic E-state index is 13.1. The first-order valence-electron chi connectivity index (χ1n) is 11.7. The third-order valence-electron chi connectivity index (χ3n) is 5.19. The summed E-state index contributed by atoms with van der Waals surface area (Å²) in [4.78, 5) is 46.3. The lowest BCUT2D eigenvalue weighted by Crippen LogP contribution is -2.49. The number of nitrogens with one attached hydrogen (secondary N) is 1. The van der Waals surface area contributed by atoms with Gasteiger partial charge >= 0.3 is 12.0 Å². The largest absolute Gasteiger partial charge is 0.481 e. The Morgan fingerprint density at radius 1 is 1.15 bits per heavy atom. The summed E-state index contributed by atoms with van der Waals surface area (Å²) in [6.45, 7) is 1.40. The average molecular weight is 568 g/mol. The Bertz CT molecular complexity index is 1330. The van der Waals surface area contributed by atoms with Gasteiger partial charge in [-0.25, -0.2) is 19.2 Å². The summed E-state index contributed by atoms with van der Waals surface area (Å²) >= 11 is 5.97. The Morgan fingerprint density at radius 3 is 2.35 bits per heavy atom. The number of imide groups is 1.